The molecule has 0 aliphatic rings. The van der Waals surface area contributed by atoms with Gasteiger partial charge in [-0.25, -0.2) is 4.98 Å². The van der Waals surface area contributed by atoms with Gasteiger partial charge < -0.3 is 19.4 Å². The molecule has 3 aromatic carbocycles. The van der Waals surface area contributed by atoms with Gasteiger partial charge in [-0.15, -0.1) is 0 Å². The highest BCUT2D eigenvalue weighted by Gasteiger charge is 2.12. The Morgan fingerprint density at radius 1 is 0.943 bits per heavy atom. The van der Waals surface area contributed by atoms with E-state index in [0.29, 0.717) is 24.6 Å². The van der Waals surface area contributed by atoms with E-state index >= 15 is 0 Å². The van der Waals surface area contributed by atoms with Crippen LogP contribution in [0.3, 0.4) is 0 Å². The highest BCUT2D eigenvalue weighted by molar-refractivity contribution is 5.94. The van der Waals surface area contributed by atoms with E-state index in [-0.39, 0.29) is 5.91 Å². The summed E-state index contributed by atoms with van der Waals surface area (Å²) < 4.78 is 13.3. The number of hydrogen-bond donors (Lipinski definition) is 1. The zero-order chi connectivity index (χ0) is 24.6. The summed E-state index contributed by atoms with van der Waals surface area (Å²) in [7, 11) is 1.61. The van der Waals surface area contributed by atoms with Crippen molar-refractivity contribution in [3.05, 3.63) is 89.7 Å². The molecule has 0 aliphatic carbocycles. The number of aryl methyl sites for hydroxylation is 1. The van der Waals surface area contributed by atoms with Gasteiger partial charge in [0.2, 0.25) is 0 Å². The number of amides is 1. The third kappa shape index (κ3) is 6.21. The highest BCUT2D eigenvalue weighted by atomic mass is 16.5. The van der Waals surface area contributed by atoms with Crippen molar-refractivity contribution in [2.24, 2.45) is 0 Å². The Morgan fingerprint density at radius 3 is 2.37 bits per heavy atom. The Labute approximate surface area is 206 Å². The van der Waals surface area contributed by atoms with Gasteiger partial charge in [-0.3, -0.25) is 4.79 Å². The lowest BCUT2D eigenvalue weighted by Crippen LogP contribution is -2.24. The molecule has 0 fully saturated rings. The lowest BCUT2D eigenvalue weighted by Gasteiger charge is -2.12. The Balaban J connectivity index is 1.34. The predicted molar refractivity (Wildman–Crippen MR) is 139 cm³/mol. The van der Waals surface area contributed by atoms with Gasteiger partial charge in [0.15, 0.2) is 0 Å². The summed E-state index contributed by atoms with van der Waals surface area (Å²) in [5.74, 6) is 2.86. The Bertz CT molecular complexity index is 1240. The lowest BCUT2D eigenvalue weighted by molar-refractivity contribution is 0.0949. The fraction of sp³-hybridized carbons (Fsp3) is 0.310. The molecule has 0 radical (unpaired) electrons. The molecular formula is C29H33N3O3. The summed E-state index contributed by atoms with van der Waals surface area (Å²) in [5, 5.41) is 3.00. The molecule has 0 saturated carbocycles. The number of ether oxygens (including phenoxy) is 2. The standard InChI is InChI=1S/C29H33N3O3/c1-21(2)22-10-16-25(17-11-22)35-19-7-6-18-32-27-9-5-4-8-26(27)31-28(32)20-30-29(33)23-12-14-24(34-3)15-13-23/h4-5,8-17,21H,6-7,18-20H2,1-3H3,(H,30,33). The van der Waals surface area contributed by atoms with E-state index in [1.165, 1.54) is 5.56 Å². The van der Waals surface area contributed by atoms with Gasteiger partial charge >= 0.3 is 0 Å². The maximum Gasteiger partial charge on any atom is 0.251 e. The molecule has 0 atom stereocenters. The first-order valence-corrected chi connectivity index (χ1v) is 12.1. The minimum atomic E-state index is -0.136. The van der Waals surface area contributed by atoms with Crippen LogP contribution in [0.1, 0.15) is 54.4 Å². The molecule has 4 rings (SSSR count). The Hall–Kier alpha value is -3.80. The van der Waals surface area contributed by atoms with Crippen molar-refractivity contribution in [1.82, 2.24) is 14.9 Å². The van der Waals surface area contributed by atoms with Crippen LogP contribution in [0.2, 0.25) is 0 Å². The lowest BCUT2D eigenvalue weighted by atomic mass is 10.0. The maximum absolute atomic E-state index is 12.6. The van der Waals surface area contributed by atoms with Crippen LogP contribution in [-0.2, 0) is 13.1 Å². The van der Waals surface area contributed by atoms with Gasteiger partial charge in [0, 0.05) is 12.1 Å². The van der Waals surface area contributed by atoms with E-state index in [1.807, 2.05) is 30.3 Å². The first kappa shape index (κ1) is 24.3. The number of nitrogens with zero attached hydrogens (tertiary/aromatic N) is 2. The molecule has 0 spiro atoms. The summed E-state index contributed by atoms with van der Waals surface area (Å²) in [6.45, 7) is 6.21. The fourth-order valence-electron chi connectivity index (χ4n) is 4.02. The summed E-state index contributed by atoms with van der Waals surface area (Å²) >= 11 is 0. The van der Waals surface area contributed by atoms with E-state index in [4.69, 9.17) is 14.5 Å². The molecule has 1 heterocycles. The number of rotatable bonds is 11. The van der Waals surface area contributed by atoms with Gasteiger partial charge in [0.25, 0.3) is 5.91 Å². The van der Waals surface area contributed by atoms with Crippen LogP contribution in [0.15, 0.2) is 72.8 Å². The van der Waals surface area contributed by atoms with Crippen LogP contribution in [0, 0.1) is 0 Å². The predicted octanol–water partition coefficient (Wildman–Crippen LogP) is 5.96. The van der Waals surface area contributed by atoms with E-state index < -0.39 is 0 Å². The van der Waals surface area contributed by atoms with Gasteiger partial charge in [-0.1, -0.05) is 38.1 Å². The van der Waals surface area contributed by atoms with Crippen LogP contribution >= 0.6 is 0 Å². The number of carbonyl (C=O) groups excluding carboxylic acids is 1. The summed E-state index contributed by atoms with van der Waals surface area (Å²) in [6, 6.07) is 23.5. The topological polar surface area (TPSA) is 65.4 Å². The molecule has 1 N–H and O–H groups in total. The second kappa shape index (κ2) is 11.6. The minimum absolute atomic E-state index is 0.136. The first-order chi connectivity index (χ1) is 17.0. The number of benzene rings is 3. The summed E-state index contributed by atoms with van der Waals surface area (Å²) in [6.07, 6.45) is 1.87. The molecule has 182 valence electrons. The number of unbranched alkanes of at least 4 members (excludes halogenated alkanes) is 1. The molecule has 6 heteroatoms. The van der Waals surface area contributed by atoms with E-state index in [2.05, 4.69) is 41.9 Å². The van der Waals surface area contributed by atoms with Crippen LogP contribution in [0.5, 0.6) is 11.5 Å². The number of nitrogens with one attached hydrogen (secondary N) is 1. The second-order valence-corrected chi connectivity index (χ2v) is 8.86. The van der Waals surface area contributed by atoms with Crippen molar-refractivity contribution < 1.29 is 14.3 Å². The molecule has 35 heavy (non-hydrogen) atoms. The zero-order valence-electron chi connectivity index (χ0n) is 20.7. The number of fused-ring (bicyclic) bond motifs is 1. The number of carbonyl (C=O) groups is 1. The number of hydrogen-bond acceptors (Lipinski definition) is 4. The number of para-hydroxylation sites is 2. The first-order valence-electron chi connectivity index (χ1n) is 12.1. The third-order valence-electron chi connectivity index (χ3n) is 6.08. The molecule has 1 aromatic heterocycles. The minimum Gasteiger partial charge on any atom is -0.497 e. The van der Waals surface area contributed by atoms with Crippen molar-refractivity contribution in [2.45, 2.75) is 45.7 Å². The molecule has 0 unspecified atom stereocenters. The summed E-state index contributed by atoms with van der Waals surface area (Å²) in [5.41, 5.74) is 3.91. The molecule has 0 bridgehead atoms. The molecular weight excluding hydrogens is 438 g/mol. The van der Waals surface area contributed by atoms with Crippen molar-refractivity contribution >= 4 is 16.9 Å². The van der Waals surface area contributed by atoms with E-state index in [0.717, 1.165) is 47.7 Å². The average Bonchev–Trinajstić information content (AvgIpc) is 3.24. The Morgan fingerprint density at radius 2 is 1.66 bits per heavy atom. The molecule has 0 saturated heterocycles. The van der Waals surface area contributed by atoms with E-state index in [9.17, 15) is 4.79 Å². The second-order valence-electron chi connectivity index (χ2n) is 8.86. The van der Waals surface area contributed by atoms with Gasteiger partial charge in [0.1, 0.15) is 17.3 Å². The van der Waals surface area contributed by atoms with Crippen molar-refractivity contribution in [3.63, 3.8) is 0 Å². The largest absolute Gasteiger partial charge is 0.497 e. The number of aromatic nitrogens is 2. The van der Waals surface area contributed by atoms with Crippen LogP contribution < -0.4 is 14.8 Å². The molecule has 6 nitrogen and oxygen atoms in total. The van der Waals surface area contributed by atoms with Gasteiger partial charge in [-0.2, -0.15) is 0 Å². The van der Waals surface area contributed by atoms with Crippen molar-refractivity contribution in [1.29, 1.82) is 0 Å². The van der Waals surface area contributed by atoms with Crippen LogP contribution in [0.4, 0.5) is 0 Å². The number of imidazole rings is 1. The molecule has 1 amide bonds. The summed E-state index contributed by atoms with van der Waals surface area (Å²) in [4.78, 5) is 17.4. The SMILES string of the molecule is COc1ccc(C(=O)NCc2nc3ccccc3n2CCCCOc2ccc(C(C)C)cc2)cc1. The van der Waals surface area contributed by atoms with E-state index in [1.54, 1.807) is 31.4 Å². The maximum atomic E-state index is 12.6. The van der Waals surface area contributed by atoms with Crippen LogP contribution in [-0.4, -0.2) is 29.2 Å². The monoisotopic (exact) mass is 471 g/mol. The van der Waals surface area contributed by atoms with Crippen LogP contribution in [0.25, 0.3) is 11.0 Å². The smallest absolute Gasteiger partial charge is 0.251 e. The normalized spacial score (nSPS) is 11.1. The average molecular weight is 472 g/mol. The highest BCUT2D eigenvalue weighted by Crippen LogP contribution is 2.20. The van der Waals surface area contributed by atoms with Gasteiger partial charge in [-0.05, 0) is 72.9 Å². The van der Waals surface area contributed by atoms with Gasteiger partial charge in [0.05, 0.1) is 31.3 Å². The van der Waals surface area contributed by atoms with Crippen molar-refractivity contribution in [3.8, 4) is 11.5 Å². The number of methoxy groups -OCH3 is 1. The molecule has 0 aliphatic heterocycles. The Kier molecular flexibility index (Phi) is 8.03. The fourth-order valence-corrected chi connectivity index (χ4v) is 4.02. The van der Waals surface area contributed by atoms with Crippen molar-refractivity contribution in [2.75, 3.05) is 13.7 Å². The molecule has 4 aromatic rings. The zero-order valence-corrected chi connectivity index (χ0v) is 20.7. The third-order valence-corrected chi connectivity index (χ3v) is 6.08. The quantitative estimate of drug-likeness (QED) is 0.274.